The van der Waals surface area contributed by atoms with Crippen LogP contribution in [-0.2, 0) is 6.61 Å². The normalized spacial score (nSPS) is 10.3. The number of hydrogen-bond acceptors (Lipinski definition) is 2. The van der Waals surface area contributed by atoms with E-state index in [2.05, 4.69) is 15.9 Å². The van der Waals surface area contributed by atoms with Gasteiger partial charge >= 0.3 is 0 Å². The van der Waals surface area contributed by atoms with E-state index >= 15 is 0 Å². The number of halogens is 3. The zero-order valence-corrected chi connectivity index (χ0v) is 11.7. The number of ether oxygens (including phenoxy) is 2. The summed E-state index contributed by atoms with van der Waals surface area (Å²) < 4.78 is 37.6. The van der Waals surface area contributed by atoms with Gasteiger partial charge in [0, 0.05) is 5.56 Å². The van der Waals surface area contributed by atoms with Gasteiger partial charge in [-0.05, 0) is 52.3 Å². The molecular formula is C14H11BrF2O2. The van der Waals surface area contributed by atoms with Crippen LogP contribution in [0, 0.1) is 11.6 Å². The average molecular weight is 329 g/mol. The van der Waals surface area contributed by atoms with Crippen molar-refractivity contribution in [3.05, 3.63) is 58.1 Å². The summed E-state index contributed by atoms with van der Waals surface area (Å²) in [6, 6.07) is 8.42. The lowest BCUT2D eigenvalue weighted by molar-refractivity contribution is 0.296. The summed E-state index contributed by atoms with van der Waals surface area (Å²) in [6.45, 7) is -0.0471. The Balaban J connectivity index is 2.12. The van der Waals surface area contributed by atoms with Gasteiger partial charge in [0.1, 0.15) is 29.7 Å². The smallest absolute Gasteiger partial charge is 0.134 e. The third-order valence-electron chi connectivity index (χ3n) is 2.53. The van der Waals surface area contributed by atoms with Gasteiger partial charge in [-0.1, -0.05) is 0 Å². The van der Waals surface area contributed by atoms with Gasteiger partial charge < -0.3 is 9.47 Å². The van der Waals surface area contributed by atoms with Crippen LogP contribution >= 0.6 is 15.9 Å². The van der Waals surface area contributed by atoms with Gasteiger partial charge in [0.25, 0.3) is 0 Å². The first-order valence-corrected chi connectivity index (χ1v) is 6.29. The van der Waals surface area contributed by atoms with E-state index in [4.69, 9.17) is 9.47 Å². The average Bonchev–Trinajstić information content (AvgIpc) is 2.40. The van der Waals surface area contributed by atoms with E-state index in [1.54, 1.807) is 25.3 Å². The molecule has 0 aliphatic heterocycles. The van der Waals surface area contributed by atoms with Crippen molar-refractivity contribution in [1.82, 2.24) is 0 Å². The third-order valence-corrected chi connectivity index (χ3v) is 3.15. The van der Waals surface area contributed by atoms with E-state index in [0.717, 1.165) is 18.2 Å². The fraction of sp³-hybridized carbons (Fsp3) is 0.143. The number of benzene rings is 2. The van der Waals surface area contributed by atoms with Crippen LogP contribution in [0.15, 0.2) is 40.9 Å². The molecule has 0 aliphatic rings. The molecule has 0 N–H and O–H groups in total. The Morgan fingerprint density at radius 3 is 2.58 bits per heavy atom. The minimum Gasteiger partial charge on any atom is -0.497 e. The second kappa shape index (κ2) is 6.02. The van der Waals surface area contributed by atoms with Crippen molar-refractivity contribution < 1.29 is 18.3 Å². The molecule has 2 aromatic rings. The molecule has 100 valence electrons. The summed E-state index contributed by atoms with van der Waals surface area (Å²) in [5, 5.41) is 0. The van der Waals surface area contributed by atoms with Crippen molar-refractivity contribution in [3.63, 3.8) is 0 Å². The van der Waals surface area contributed by atoms with Gasteiger partial charge in [-0.15, -0.1) is 0 Å². The molecule has 0 saturated carbocycles. The highest BCUT2D eigenvalue weighted by Crippen LogP contribution is 2.29. The molecule has 0 amide bonds. The quantitative estimate of drug-likeness (QED) is 0.832. The van der Waals surface area contributed by atoms with E-state index in [0.29, 0.717) is 16.0 Å². The number of hydrogen-bond donors (Lipinski definition) is 0. The summed E-state index contributed by atoms with van der Waals surface area (Å²) in [5.41, 5.74) is 0.169. The molecule has 0 fully saturated rings. The third kappa shape index (κ3) is 3.44. The molecule has 5 heteroatoms. The molecule has 0 bridgehead atoms. The standard InChI is InChI=1S/C14H11BrF2O2/c1-18-11-3-5-14(12(15)7-11)19-8-9-6-10(16)2-4-13(9)17/h2-7H,8H2,1H3. The first-order valence-electron chi connectivity index (χ1n) is 5.50. The molecule has 0 aliphatic carbocycles. The van der Waals surface area contributed by atoms with E-state index in [1.165, 1.54) is 0 Å². The topological polar surface area (TPSA) is 18.5 Å². The molecular weight excluding hydrogens is 318 g/mol. The molecule has 2 aromatic carbocycles. The number of rotatable bonds is 4. The molecule has 0 aromatic heterocycles. The van der Waals surface area contributed by atoms with Crippen LogP contribution < -0.4 is 9.47 Å². The second-order valence-electron chi connectivity index (χ2n) is 3.82. The Hall–Kier alpha value is -1.62. The predicted octanol–water partition coefficient (Wildman–Crippen LogP) is 4.31. The largest absolute Gasteiger partial charge is 0.497 e. The zero-order chi connectivity index (χ0) is 13.8. The maximum Gasteiger partial charge on any atom is 0.134 e. The van der Waals surface area contributed by atoms with Crippen LogP contribution in [0.25, 0.3) is 0 Å². The van der Waals surface area contributed by atoms with Crippen LogP contribution in [0.1, 0.15) is 5.56 Å². The van der Waals surface area contributed by atoms with Crippen molar-refractivity contribution >= 4 is 15.9 Å². The highest BCUT2D eigenvalue weighted by Gasteiger charge is 2.07. The van der Waals surface area contributed by atoms with Gasteiger partial charge in [0.15, 0.2) is 0 Å². The minimum atomic E-state index is -0.494. The molecule has 19 heavy (non-hydrogen) atoms. The van der Waals surface area contributed by atoms with Crippen molar-refractivity contribution in [1.29, 1.82) is 0 Å². The first kappa shape index (κ1) is 13.8. The van der Waals surface area contributed by atoms with Gasteiger partial charge in [0.05, 0.1) is 11.6 Å². The Bertz CT molecular complexity index is 588. The van der Waals surface area contributed by atoms with Crippen molar-refractivity contribution in [3.8, 4) is 11.5 Å². The second-order valence-corrected chi connectivity index (χ2v) is 4.68. The summed E-state index contributed by atoms with van der Waals surface area (Å²) in [7, 11) is 1.56. The van der Waals surface area contributed by atoms with Crippen molar-refractivity contribution in [2.24, 2.45) is 0 Å². The molecule has 0 spiro atoms. The fourth-order valence-electron chi connectivity index (χ4n) is 1.54. The van der Waals surface area contributed by atoms with Gasteiger partial charge in [-0.25, -0.2) is 8.78 Å². The zero-order valence-electron chi connectivity index (χ0n) is 10.1. The lowest BCUT2D eigenvalue weighted by Crippen LogP contribution is -2.00. The SMILES string of the molecule is COc1ccc(OCc2cc(F)ccc2F)c(Br)c1. The van der Waals surface area contributed by atoms with Crippen LogP contribution in [0.4, 0.5) is 8.78 Å². The summed E-state index contributed by atoms with van der Waals surface area (Å²) >= 11 is 3.32. The Morgan fingerprint density at radius 1 is 1.11 bits per heavy atom. The monoisotopic (exact) mass is 328 g/mol. The van der Waals surface area contributed by atoms with E-state index in [9.17, 15) is 8.78 Å². The minimum absolute atomic E-state index is 0.0471. The molecule has 2 rings (SSSR count). The predicted molar refractivity (Wildman–Crippen MR) is 71.4 cm³/mol. The lowest BCUT2D eigenvalue weighted by Gasteiger charge is -2.10. The van der Waals surface area contributed by atoms with Crippen molar-refractivity contribution in [2.45, 2.75) is 6.61 Å². The molecule has 0 heterocycles. The molecule has 0 radical (unpaired) electrons. The summed E-state index contributed by atoms with van der Waals surface area (Å²) in [6.07, 6.45) is 0. The maximum absolute atomic E-state index is 13.4. The number of methoxy groups -OCH3 is 1. The highest BCUT2D eigenvalue weighted by atomic mass is 79.9. The van der Waals surface area contributed by atoms with Gasteiger partial charge in [-0.2, -0.15) is 0 Å². The van der Waals surface area contributed by atoms with E-state index < -0.39 is 11.6 Å². The molecule has 0 saturated heterocycles. The van der Waals surface area contributed by atoms with Gasteiger partial charge in [-0.3, -0.25) is 0 Å². The summed E-state index contributed by atoms with van der Waals surface area (Å²) in [4.78, 5) is 0. The highest BCUT2D eigenvalue weighted by molar-refractivity contribution is 9.10. The Labute approximate surface area is 118 Å². The maximum atomic E-state index is 13.4. The fourth-order valence-corrected chi connectivity index (χ4v) is 2.01. The van der Waals surface area contributed by atoms with Crippen LogP contribution in [0.2, 0.25) is 0 Å². The summed E-state index contributed by atoms with van der Waals surface area (Å²) in [5.74, 6) is 0.223. The lowest BCUT2D eigenvalue weighted by atomic mass is 10.2. The molecule has 0 atom stereocenters. The van der Waals surface area contributed by atoms with Crippen LogP contribution in [0.3, 0.4) is 0 Å². The molecule has 2 nitrogen and oxygen atoms in total. The molecule has 0 unspecified atom stereocenters. The van der Waals surface area contributed by atoms with Crippen LogP contribution in [0.5, 0.6) is 11.5 Å². The first-order chi connectivity index (χ1) is 9.10. The van der Waals surface area contributed by atoms with Gasteiger partial charge in [0.2, 0.25) is 0 Å². The Morgan fingerprint density at radius 2 is 1.89 bits per heavy atom. The van der Waals surface area contributed by atoms with Crippen LogP contribution in [-0.4, -0.2) is 7.11 Å². The van der Waals surface area contributed by atoms with Crippen molar-refractivity contribution in [2.75, 3.05) is 7.11 Å². The van der Waals surface area contributed by atoms with E-state index in [-0.39, 0.29) is 12.2 Å². The Kier molecular flexibility index (Phi) is 4.37. The van der Waals surface area contributed by atoms with E-state index in [1.807, 2.05) is 0 Å².